The van der Waals surface area contributed by atoms with Gasteiger partial charge in [-0.1, -0.05) is 12.1 Å². The molecule has 1 aromatic heterocycles. The maximum atomic E-state index is 13.5. The summed E-state index contributed by atoms with van der Waals surface area (Å²) in [6.07, 6.45) is 3.61. The number of aryl methyl sites for hydroxylation is 2. The Morgan fingerprint density at radius 1 is 1.14 bits per heavy atom. The Morgan fingerprint density at radius 3 is 2.55 bits per heavy atom. The minimum atomic E-state index is -0.398. The summed E-state index contributed by atoms with van der Waals surface area (Å²) in [6, 6.07) is 8.40. The van der Waals surface area contributed by atoms with Gasteiger partial charge in [-0.15, -0.1) is 11.3 Å². The number of fused-ring (bicyclic) bond motifs is 4. The van der Waals surface area contributed by atoms with Crippen LogP contribution in [0.1, 0.15) is 45.8 Å². The van der Waals surface area contributed by atoms with E-state index in [4.69, 9.17) is 4.74 Å². The summed E-state index contributed by atoms with van der Waals surface area (Å²) < 4.78 is 6.05. The van der Waals surface area contributed by atoms with Crippen LogP contribution in [-0.4, -0.2) is 42.1 Å². The average Bonchev–Trinajstić information content (AvgIpc) is 3.01. The first-order valence-corrected chi connectivity index (χ1v) is 11.0. The number of nitrogens with one attached hydrogen (secondary N) is 1. The third kappa shape index (κ3) is 2.95. The van der Waals surface area contributed by atoms with Crippen LogP contribution in [0.4, 0.5) is 21.9 Å². The molecule has 29 heavy (non-hydrogen) atoms. The molecule has 1 aromatic carbocycles. The van der Waals surface area contributed by atoms with Crippen molar-refractivity contribution in [2.24, 2.45) is 0 Å². The first-order valence-electron chi connectivity index (χ1n) is 10.2. The van der Waals surface area contributed by atoms with Gasteiger partial charge in [0, 0.05) is 34.7 Å². The smallest absolute Gasteiger partial charge is 0.419 e. The molecular formula is C22H25N3O3S. The highest BCUT2D eigenvalue weighted by molar-refractivity contribution is 7.13. The Labute approximate surface area is 174 Å². The molecule has 152 valence electrons. The molecule has 4 heterocycles. The van der Waals surface area contributed by atoms with E-state index in [0.717, 1.165) is 22.6 Å². The topological polar surface area (TPSA) is 61.9 Å². The summed E-state index contributed by atoms with van der Waals surface area (Å²) in [5.74, 6) is -0.179. The molecule has 0 aliphatic carbocycles. The maximum Gasteiger partial charge on any atom is 0.419 e. The van der Waals surface area contributed by atoms with Gasteiger partial charge in [-0.05, 0) is 45.9 Å². The lowest BCUT2D eigenvalue weighted by Gasteiger charge is -2.36. The molecule has 3 aliphatic heterocycles. The standard InChI is InChI=1S/C22H25N3O3S/c1-12-19-20(13(2)29-12)25(18-7-5-4-6-17(18)23-21(19)26)22(27)28-16-10-14-8-9-15(11-16)24(14)3/h4-7,14-16H,8-11H2,1-3H3,(H,23,26). The van der Waals surface area contributed by atoms with Gasteiger partial charge < -0.3 is 15.0 Å². The van der Waals surface area contributed by atoms with E-state index in [-0.39, 0.29) is 12.0 Å². The number of para-hydroxylation sites is 2. The molecule has 0 radical (unpaired) electrons. The van der Waals surface area contributed by atoms with Crippen molar-refractivity contribution in [3.8, 4) is 0 Å². The zero-order valence-electron chi connectivity index (χ0n) is 16.9. The SMILES string of the molecule is Cc1sc(C)c2c1C(=O)Nc1ccccc1N2C(=O)OC1CC2CCC(C1)N2C. The first-order chi connectivity index (χ1) is 13.9. The monoisotopic (exact) mass is 411 g/mol. The number of carbonyl (C=O) groups excluding carboxylic acids is 2. The van der Waals surface area contributed by atoms with E-state index < -0.39 is 6.09 Å². The van der Waals surface area contributed by atoms with Crippen LogP contribution in [0.2, 0.25) is 0 Å². The summed E-state index contributed by atoms with van der Waals surface area (Å²) in [7, 11) is 2.17. The minimum Gasteiger partial charge on any atom is -0.445 e. The van der Waals surface area contributed by atoms with E-state index in [2.05, 4.69) is 17.3 Å². The van der Waals surface area contributed by atoms with Gasteiger partial charge in [-0.2, -0.15) is 0 Å². The Balaban J connectivity index is 1.53. The minimum absolute atomic E-state index is 0.0845. The van der Waals surface area contributed by atoms with Crippen molar-refractivity contribution in [2.45, 2.75) is 57.7 Å². The lowest BCUT2D eigenvalue weighted by molar-refractivity contribution is 0.0327. The summed E-state index contributed by atoms with van der Waals surface area (Å²) in [6.45, 7) is 3.87. The number of thiophene rings is 1. The Bertz CT molecular complexity index is 987. The molecule has 2 unspecified atom stereocenters. The average molecular weight is 412 g/mol. The lowest BCUT2D eigenvalue weighted by atomic mass is 10.0. The van der Waals surface area contributed by atoms with Crippen LogP contribution in [-0.2, 0) is 4.74 Å². The number of carbonyl (C=O) groups is 2. The van der Waals surface area contributed by atoms with Crippen LogP contribution in [0.5, 0.6) is 0 Å². The number of nitrogens with zero attached hydrogens (tertiary/aromatic N) is 2. The lowest BCUT2D eigenvalue weighted by Crippen LogP contribution is -2.44. The maximum absolute atomic E-state index is 13.5. The van der Waals surface area contributed by atoms with Crippen LogP contribution >= 0.6 is 11.3 Å². The van der Waals surface area contributed by atoms with E-state index in [9.17, 15) is 9.59 Å². The zero-order valence-corrected chi connectivity index (χ0v) is 17.7. The molecule has 0 saturated carbocycles. The zero-order chi connectivity index (χ0) is 20.3. The first kappa shape index (κ1) is 18.6. The fourth-order valence-electron chi connectivity index (χ4n) is 5.13. The molecule has 6 nitrogen and oxygen atoms in total. The third-order valence-corrected chi connectivity index (χ3v) is 7.59. The molecule has 3 aliphatic rings. The predicted octanol–water partition coefficient (Wildman–Crippen LogP) is 4.83. The van der Waals surface area contributed by atoms with Crippen molar-refractivity contribution in [1.82, 2.24) is 4.90 Å². The van der Waals surface area contributed by atoms with Crippen molar-refractivity contribution < 1.29 is 14.3 Å². The fourth-order valence-corrected chi connectivity index (χ4v) is 6.17. The molecular weight excluding hydrogens is 386 g/mol. The number of piperidine rings is 1. The molecule has 5 rings (SSSR count). The second kappa shape index (κ2) is 6.85. The van der Waals surface area contributed by atoms with E-state index in [1.165, 1.54) is 24.2 Å². The number of hydrogen-bond acceptors (Lipinski definition) is 5. The number of anilines is 3. The predicted molar refractivity (Wildman–Crippen MR) is 114 cm³/mol. The van der Waals surface area contributed by atoms with Crippen molar-refractivity contribution >= 4 is 40.4 Å². The molecule has 2 amide bonds. The molecule has 2 saturated heterocycles. The van der Waals surface area contributed by atoms with E-state index in [1.807, 2.05) is 38.1 Å². The molecule has 2 fully saturated rings. The van der Waals surface area contributed by atoms with Crippen molar-refractivity contribution in [3.63, 3.8) is 0 Å². The van der Waals surface area contributed by atoms with Crippen LogP contribution in [0.3, 0.4) is 0 Å². The molecule has 2 bridgehead atoms. The summed E-state index contributed by atoms with van der Waals surface area (Å²) >= 11 is 1.53. The highest BCUT2D eigenvalue weighted by Gasteiger charge is 2.41. The van der Waals surface area contributed by atoms with E-state index in [0.29, 0.717) is 34.7 Å². The molecule has 2 aromatic rings. The molecule has 2 atom stereocenters. The number of rotatable bonds is 1. The van der Waals surface area contributed by atoms with Crippen molar-refractivity contribution in [3.05, 3.63) is 39.6 Å². The fraction of sp³-hybridized carbons (Fsp3) is 0.455. The van der Waals surface area contributed by atoms with Crippen LogP contribution in [0, 0.1) is 13.8 Å². The number of ether oxygens (including phenoxy) is 1. The number of benzene rings is 1. The van der Waals surface area contributed by atoms with Gasteiger partial charge >= 0.3 is 6.09 Å². The number of hydrogen-bond donors (Lipinski definition) is 1. The Kier molecular flexibility index (Phi) is 4.40. The van der Waals surface area contributed by atoms with Crippen LogP contribution in [0.15, 0.2) is 24.3 Å². The highest BCUT2D eigenvalue weighted by Crippen LogP contribution is 2.45. The molecule has 1 N–H and O–H groups in total. The van der Waals surface area contributed by atoms with E-state index >= 15 is 0 Å². The van der Waals surface area contributed by atoms with Gasteiger partial charge in [0.15, 0.2) is 0 Å². The van der Waals surface area contributed by atoms with Crippen LogP contribution in [0.25, 0.3) is 0 Å². The van der Waals surface area contributed by atoms with Gasteiger partial charge in [0.1, 0.15) is 6.10 Å². The number of amides is 2. The van der Waals surface area contributed by atoms with Gasteiger partial charge in [-0.25, -0.2) is 9.69 Å². The third-order valence-electron chi connectivity index (χ3n) is 6.58. The normalized spacial score (nSPS) is 25.8. The summed E-state index contributed by atoms with van der Waals surface area (Å²) in [5, 5.41) is 2.96. The quantitative estimate of drug-likeness (QED) is 0.730. The van der Waals surface area contributed by atoms with Gasteiger partial charge in [-0.3, -0.25) is 4.79 Å². The second-order valence-corrected chi connectivity index (χ2v) is 9.70. The van der Waals surface area contributed by atoms with Crippen molar-refractivity contribution in [1.29, 1.82) is 0 Å². The van der Waals surface area contributed by atoms with Gasteiger partial charge in [0.2, 0.25) is 0 Å². The Morgan fingerprint density at radius 2 is 1.83 bits per heavy atom. The van der Waals surface area contributed by atoms with Crippen molar-refractivity contribution in [2.75, 3.05) is 17.3 Å². The second-order valence-electron chi connectivity index (χ2n) is 8.27. The highest BCUT2D eigenvalue weighted by atomic mass is 32.1. The summed E-state index contributed by atoms with van der Waals surface area (Å²) in [4.78, 5) is 32.2. The Hall–Kier alpha value is -2.38. The summed E-state index contributed by atoms with van der Waals surface area (Å²) in [5.41, 5.74) is 2.49. The molecule has 7 heteroatoms. The molecule has 0 spiro atoms. The largest absolute Gasteiger partial charge is 0.445 e. The van der Waals surface area contributed by atoms with E-state index in [1.54, 1.807) is 4.90 Å². The van der Waals surface area contributed by atoms with Gasteiger partial charge in [0.05, 0.1) is 22.6 Å². The van der Waals surface area contributed by atoms with Crippen LogP contribution < -0.4 is 10.2 Å². The van der Waals surface area contributed by atoms with Gasteiger partial charge in [0.25, 0.3) is 5.91 Å².